The molecule has 0 N–H and O–H groups in total. The van der Waals surface area contributed by atoms with Crippen molar-refractivity contribution in [3.63, 3.8) is 0 Å². The molecule has 15 heavy (non-hydrogen) atoms. The van der Waals surface area contributed by atoms with Crippen LogP contribution in [0.25, 0.3) is 11.6 Å². The summed E-state index contributed by atoms with van der Waals surface area (Å²) < 4.78 is 0. The van der Waals surface area contributed by atoms with Crippen LogP contribution >= 0.6 is 0 Å². The van der Waals surface area contributed by atoms with Gasteiger partial charge in [-0.05, 0) is 5.92 Å². The SMILES string of the molecule is C.CCC(C)C1=c2ccccc2=[C-]C1.[Y]. The van der Waals surface area contributed by atoms with Crippen molar-refractivity contribution in [1.82, 2.24) is 0 Å². The maximum atomic E-state index is 3.43. The summed E-state index contributed by atoms with van der Waals surface area (Å²) in [5.74, 6) is 0.705. The first kappa shape index (κ1) is 15.1. The van der Waals surface area contributed by atoms with Gasteiger partial charge in [-0.2, -0.15) is 17.4 Å². The monoisotopic (exact) mass is 276 g/mol. The third-order valence-electron chi connectivity index (χ3n) is 2.95. The Kier molecular flexibility index (Phi) is 6.63. The summed E-state index contributed by atoms with van der Waals surface area (Å²) in [5.41, 5.74) is 1.57. The van der Waals surface area contributed by atoms with E-state index in [-0.39, 0.29) is 40.1 Å². The standard InChI is InChI=1S/C13H15.CH4.Y/c1-3-10(2)12-9-8-11-6-4-5-7-13(11)12;;/h4-7,10H,3,9H2,1-2H3;1H4;/q-1;;. The molecular formula is C14H19Y-. The Morgan fingerprint density at radius 2 is 2.00 bits per heavy atom. The van der Waals surface area contributed by atoms with Crippen molar-refractivity contribution in [2.24, 2.45) is 5.92 Å². The second-order valence-corrected chi connectivity index (χ2v) is 3.73. The molecule has 1 unspecified atom stereocenters. The molecule has 0 bridgehead atoms. The van der Waals surface area contributed by atoms with Gasteiger partial charge in [0.2, 0.25) is 0 Å². The van der Waals surface area contributed by atoms with Crippen LogP contribution in [0.3, 0.4) is 0 Å². The van der Waals surface area contributed by atoms with E-state index < -0.39 is 0 Å². The fourth-order valence-corrected chi connectivity index (χ4v) is 1.89. The van der Waals surface area contributed by atoms with E-state index in [1.54, 1.807) is 5.57 Å². The smallest absolute Gasteiger partial charge is 0 e. The summed E-state index contributed by atoms with van der Waals surface area (Å²) in [4.78, 5) is 0. The zero-order valence-electron chi connectivity index (χ0n) is 8.88. The van der Waals surface area contributed by atoms with Gasteiger partial charge in [0, 0.05) is 32.7 Å². The van der Waals surface area contributed by atoms with E-state index in [0.29, 0.717) is 5.92 Å². The Bertz CT molecular complexity index is 417. The van der Waals surface area contributed by atoms with Crippen molar-refractivity contribution in [2.75, 3.05) is 0 Å². The van der Waals surface area contributed by atoms with Gasteiger partial charge in [-0.1, -0.05) is 40.2 Å². The molecule has 1 aliphatic rings. The van der Waals surface area contributed by atoms with Gasteiger partial charge in [0.15, 0.2) is 0 Å². The van der Waals surface area contributed by atoms with E-state index in [2.05, 4.69) is 44.2 Å². The third-order valence-corrected chi connectivity index (χ3v) is 2.95. The van der Waals surface area contributed by atoms with Gasteiger partial charge in [-0.25, -0.2) is 0 Å². The molecule has 1 aromatic rings. The normalized spacial score (nSPS) is 14.4. The first-order chi connectivity index (χ1) is 6.33. The number of hydrogen-bond donors (Lipinski definition) is 0. The van der Waals surface area contributed by atoms with E-state index in [4.69, 9.17) is 0 Å². The second kappa shape index (κ2) is 6.60. The third kappa shape index (κ3) is 3.01. The molecule has 79 valence electrons. The van der Waals surface area contributed by atoms with Gasteiger partial charge in [0.25, 0.3) is 0 Å². The van der Waals surface area contributed by atoms with E-state index in [9.17, 15) is 0 Å². The van der Waals surface area contributed by atoms with Gasteiger partial charge in [0.1, 0.15) is 0 Å². The van der Waals surface area contributed by atoms with Gasteiger partial charge >= 0.3 is 0 Å². The molecule has 1 radical (unpaired) electrons. The molecule has 0 spiro atoms. The van der Waals surface area contributed by atoms with Gasteiger partial charge < -0.3 is 0 Å². The van der Waals surface area contributed by atoms with Gasteiger partial charge in [-0.15, -0.1) is 22.9 Å². The Hall–Kier alpha value is 0.0639. The van der Waals surface area contributed by atoms with E-state index in [1.807, 2.05) is 0 Å². The Labute approximate surface area is 118 Å². The average molecular weight is 276 g/mol. The molecule has 1 heteroatoms. The number of benzene rings is 1. The Morgan fingerprint density at radius 1 is 1.33 bits per heavy atom. The molecule has 0 fully saturated rings. The molecule has 1 atom stereocenters. The topological polar surface area (TPSA) is 0 Å². The second-order valence-electron chi connectivity index (χ2n) is 3.73. The molecule has 0 nitrogen and oxygen atoms in total. The first-order valence-electron chi connectivity index (χ1n) is 5.02. The van der Waals surface area contributed by atoms with Crippen LogP contribution in [0.15, 0.2) is 24.3 Å². The minimum atomic E-state index is 0. The van der Waals surface area contributed by atoms with Crippen LogP contribution in [0, 0.1) is 5.92 Å². The molecule has 2 rings (SSSR count). The van der Waals surface area contributed by atoms with Gasteiger partial charge in [0.05, 0.1) is 0 Å². The van der Waals surface area contributed by atoms with Crippen LogP contribution in [-0.2, 0) is 32.7 Å². The average Bonchev–Trinajstić information content (AvgIpc) is 2.60. The zero-order chi connectivity index (χ0) is 9.26. The van der Waals surface area contributed by atoms with Crippen molar-refractivity contribution in [1.29, 1.82) is 0 Å². The maximum absolute atomic E-state index is 3.43. The summed E-state index contributed by atoms with van der Waals surface area (Å²) in [5, 5.41) is 2.73. The molecule has 1 aliphatic carbocycles. The fraction of sp³-hybridized carbons (Fsp3) is 0.429. The van der Waals surface area contributed by atoms with Crippen LogP contribution in [0.4, 0.5) is 0 Å². The predicted octanol–water partition coefficient (Wildman–Crippen LogP) is 2.58. The minimum absolute atomic E-state index is 0. The van der Waals surface area contributed by atoms with Crippen LogP contribution < -0.4 is 10.4 Å². The zero-order valence-corrected chi connectivity index (χ0v) is 11.7. The molecular weight excluding hydrogens is 257 g/mol. The Morgan fingerprint density at radius 3 is 2.67 bits per heavy atom. The van der Waals surface area contributed by atoms with Crippen LogP contribution in [0.5, 0.6) is 0 Å². The van der Waals surface area contributed by atoms with E-state index in [0.717, 1.165) is 6.42 Å². The molecule has 1 aromatic carbocycles. The van der Waals surface area contributed by atoms with Crippen molar-refractivity contribution in [2.45, 2.75) is 34.1 Å². The molecule has 0 saturated heterocycles. The van der Waals surface area contributed by atoms with Crippen LogP contribution in [-0.4, -0.2) is 0 Å². The largest absolute Gasteiger partial charge is 0.197 e. The van der Waals surface area contributed by atoms with Crippen LogP contribution in [0.2, 0.25) is 0 Å². The molecule has 0 amide bonds. The number of hydrogen-bond acceptors (Lipinski definition) is 0. The van der Waals surface area contributed by atoms with E-state index in [1.165, 1.54) is 16.9 Å². The number of rotatable bonds is 2. The summed E-state index contributed by atoms with van der Waals surface area (Å²) in [7, 11) is 0. The summed E-state index contributed by atoms with van der Waals surface area (Å²) >= 11 is 0. The van der Waals surface area contributed by atoms with Crippen molar-refractivity contribution < 1.29 is 32.7 Å². The first-order valence-corrected chi connectivity index (χ1v) is 5.02. The van der Waals surface area contributed by atoms with Crippen molar-refractivity contribution in [3.8, 4) is 0 Å². The summed E-state index contributed by atoms with van der Waals surface area (Å²) in [6.07, 6.45) is 5.69. The van der Waals surface area contributed by atoms with E-state index >= 15 is 0 Å². The quantitative estimate of drug-likeness (QED) is 0.728. The van der Waals surface area contributed by atoms with Crippen LogP contribution in [0.1, 0.15) is 34.1 Å². The van der Waals surface area contributed by atoms with Crippen molar-refractivity contribution in [3.05, 3.63) is 34.7 Å². The predicted molar refractivity (Wildman–Crippen MR) is 63.3 cm³/mol. The fourth-order valence-electron chi connectivity index (χ4n) is 1.89. The molecule has 0 aliphatic heterocycles. The molecule has 0 heterocycles. The maximum Gasteiger partial charge on any atom is 0 e. The number of fused-ring (bicyclic) bond motifs is 1. The van der Waals surface area contributed by atoms with Gasteiger partial charge in [-0.3, -0.25) is 0 Å². The Balaban J connectivity index is 0.000000980. The summed E-state index contributed by atoms with van der Waals surface area (Å²) in [6, 6.07) is 8.58. The molecule has 0 saturated carbocycles. The summed E-state index contributed by atoms with van der Waals surface area (Å²) in [6.45, 7) is 4.55. The molecule has 0 aromatic heterocycles. The minimum Gasteiger partial charge on any atom is -0.197 e. The van der Waals surface area contributed by atoms with Crippen molar-refractivity contribution >= 4 is 11.6 Å².